The minimum Gasteiger partial charge on any atom is -0.464 e. The molecule has 4 heteroatoms. The maximum atomic E-state index is 10.5. The van der Waals surface area contributed by atoms with Crippen LogP contribution in [0.1, 0.15) is 5.56 Å². The van der Waals surface area contributed by atoms with Gasteiger partial charge < -0.3 is 5.11 Å². The average molecular weight is 164 g/mol. The maximum Gasteiger partial charge on any atom is 0.426 e. The number of nitrogens with zero attached hydrogens (tertiary/aromatic N) is 1. The summed E-state index contributed by atoms with van der Waals surface area (Å²) in [4.78, 5) is 10.5. The SMILES string of the molecule is O=C(O)N1Cc2ccccc2N1. The van der Waals surface area contributed by atoms with Crippen molar-refractivity contribution in [2.24, 2.45) is 0 Å². The molecule has 1 aromatic carbocycles. The predicted octanol–water partition coefficient (Wildman–Crippen LogP) is 1.51. The lowest BCUT2D eigenvalue weighted by Crippen LogP contribution is -2.29. The molecule has 4 nitrogen and oxygen atoms in total. The average Bonchev–Trinajstić information content (AvgIpc) is 2.46. The van der Waals surface area contributed by atoms with Crippen molar-refractivity contribution in [3.63, 3.8) is 0 Å². The Balaban J connectivity index is 2.27. The van der Waals surface area contributed by atoms with Crippen molar-refractivity contribution < 1.29 is 9.90 Å². The van der Waals surface area contributed by atoms with Crippen LogP contribution in [-0.2, 0) is 6.54 Å². The normalized spacial score (nSPS) is 13.8. The summed E-state index contributed by atoms with van der Waals surface area (Å²) in [5.41, 5.74) is 4.66. The molecule has 62 valence electrons. The zero-order valence-electron chi connectivity index (χ0n) is 6.32. The molecule has 0 bridgehead atoms. The van der Waals surface area contributed by atoms with Crippen molar-refractivity contribution in [3.8, 4) is 0 Å². The summed E-state index contributed by atoms with van der Waals surface area (Å²) in [6, 6.07) is 7.53. The fourth-order valence-electron chi connectivity index (χ4n) is 1.24. The van der Waals surface area contributed by atoms with Gasteiger partial charge in [-0.05, 0) is 11.6 Å². The summed E-state index contributed by atoms with van der Waals surface area (Å²) >= 11 is 0. The molecule has 0 saturated carbocycles. The van der Waals surface area contributed by atoms with Crippen LogP contribution in [0, 0.1) is 0 Å². The van der Waals surface area contributed by atoms with Gasteiger partial charge in [-0.15, -0.1) is 0 Å². The zero-order valence-corrected chi connectivity index (χ0v) is 6.32. The van der Waals surface area contributed by atoms with Crippen LogP contribution >= 0.6 is 0 Å². The van der Waals surface area contributed by atoms with Gasteiger partial charge >= 0.3 is 6.09 Å². The van der Waals surface area contributed by atoms with Crippen molar-refractivity contribution in [1.29, 1.82) is 0 Å². The van der Waals surface area contributed by atoms with Crippen molar-refractivity contribution >= 4 is 11.8 Å². The summed E-state index contributed by atoms with van der Waals surface area (Å²) in [5, 5.41) is 9.81. The van der Waals surface area contributed by atoms with Gasteiger partial charge in [-0.2, -0.15) is 0 Å². The predicted molar refractivity (Wildman–Crippen MR) is 43.6 cm³/mol. The molecule has 2 rings (SSSR count). The standard InChI is InChI=1S/C8H8N2O2/c11-8(12)10-5-6-3-1-2-4-7(6)9-10/h1-4,9H,5H2,(H,11,12). The van der Waals surface area contributed by atoms with Crippen molar-refractivity contribution in [2.45, 2.75) is 6.54 Å². The highest BCUT2D eigenvalue weighted by atomic mass is 16.4. The third-order valence-corrected chi connectivity index (χ3v) is 1.83. The number of hydrogen-bond acceptors (Lipinski definition) is 2. The molecule has 0 aliphatic carbocycles. The second-order valence-corrected chi connectivity index (χ2v) is 2.64. The third kappa shape index (κ3) is 0.972. The van der Waals surface area contributed by atoms with Gasteiger partial charge in [0.05, 0.1) is 12.2 Å². The molecule has 0 atom stereocenters. The first kappa shape index (κ1) is 6.97. The number of amides is 1. The van der Waals surface area contributed by atoms with Gasteiger partial charge in [0, 0.05) is 0 Å². The van der Waals surface area contributed by atoms with Crippen LogP contribution in [0.5, 0.6) is 0 Å². The number of rotatable bonds is 0. The molecule has 0 aromatic heterocycles. The molecule has 0 spiro atoms. The van der Waals surface area contributed by atoms with E-state index >= 15 is 0 Å². The molecule has 0 radical (unpaired) electrons. The van der Waals surface area contributed by atoms with Crippen LogP contribution in [0.3, 0.4) is 0 Å². The van der Waals surface area contributed by atoms with Gasteiger partial charge in [0.25, 0.3) is 0 Å². The fourth-order valence-corrected chi connectivity index (χ4v) is 1.24. The minimum absolute atomic E-state index is 0.422. The summed E-state index contributed by atoms with van der Waals surface area (Å²) < 4.78 is 0. The Morgan fingerprint density at radius 2 is 2.25 bits per heavy atom. The lowest BCUT2D eigenvalue weighted by molar-refractivity contribution is 0.156. The van der Waals surface area contributed by atoms with Gasteiger partial charge in [-0.25, -0.2) is 9.80 Å². The number of benzene rings is 1. The van der Waals surface area contributed by atoms with Gasteiger partial charge in [0.2, 0.25) is 0 Å². The molecule has 1 aromatic rings. The number of nitrogens with one attached hydrogen (secondary N) is 1. The number of carboxylic acid groups (broad SMARTS) is 1. The molecule has 2 N–H and O–H groups in total. The first-order valence-electron chi connectivity index (χ1n) is 3.62. The van der Waals surface area contributed by atoms with Crippen LogP contribution in [0.4, 0.5) is 10.5 Å². The lowest BCUT2D eigenvalue weighted by Gasteiger charge is -2.10. The maximum absolute atomic E-state index is 10.5. The number of carbonyl (C=O) groups is 1. The van der Waals surface area contributed by atoms with Crippen LogP contribution in [-0.4, -0.2) is 16.2 Å². The highest BCUT2D eigenvalue weighted by Crippen LogP contribution is 2.23. The van der Waals surface area contributed by atoms with E-state index in [1.54, 1.807) is 0 Å². The summed E-state index contributed by atoms with van der Waals surface area (Å²) in [6.07, 6.45) is -0.953. The first-order valence-corrected chi connectivity index (χ1v) is 3.62. The van der Waals surface area contributed by atoms with E-state index in [0.29, 0.717) is 6.54 Å². The molecule has 1 heterocycles. The van der Waals surface area contributed by atoms with E-state index < -0.39 is 6.09 Å². The molecule has 1 aliphatic heterocycles. The van der Waals surface area contributed by atoms with Gasteiger partial charge in [0.1, 0.15) is 0 Å². The van der Waals surface area contributed by atoms with Gasteiger partial charge in [0.15, 0.2) is 0 Å². The van der Waals surface area contributed by atoms with Crippen molar-refractivity contribution in [1.82, 2.24) is 5.01 Å². The quantitative estimate of drug-likeness (QED) is 0.611. The molecular formula is C8H8N2O2. The molecule has 0 fully saturated rings. The second kappa shape index (κ2) is 2.41. The highest BCUT2D eigenvalue weighted by Gasteiger charge is 2.20. The van der Waals surface area contributed by atoms with Crippen LogP contribution in [0.15, 0.2) is 24.3 Å². The molecule has 0 saturated heterocycles. The van der Waals surface area contributed by atoms with Gasteiger partial charge in [-0.3, -0.25) is 5.43 Å². The Hall–Kier alpha value is -1.71. The molecule has 1 aliphatic rings. The van der Waals surface area contributed by atoms with Gasteiger partial charge in [-0.1, -0.05) is 18.2 Å². The Morgan fingerprint density at radius 1 is 1.50 bits per heavy atom. The van der Waals surface area contributed by atoms with Crippen molar-refractivity contribution in [3.05, 3.63) is 29.8 Å². The van der Waals surface area contributed by atoms with E-state index in [-0.39, 0.29) is 0 Å². The lowest BCUT2D eigenvalue weighted by atomic mass is 10.2. The Bertz CT molecular complexity index is 300. The van der Waals surface area contributed by atoms with E-state index in [0.717, 1.165) is 16.3 Å². The van der Waals surface area contributed by atoms with Crippen LogP contribution in [0.2, 0.25) is 0 Å². The fraction of sp³-hybridized carbons (Fsp3) is 0.125. The summed E-state index contributed by atoms with van der Waals surface area (Å²) in [7, 11) is 0. The number of anilines is 1. The highest BCUT2D eigenvalue weighted by molar-refractivity contribution is 5.71. The second-order valence-electron chi connectivity index (χ2n) is 2.64. The third-order valence-electron chi connectivity index (χ3n) is 1.83. The molecule has 1 amide bonds. The topological polar surface area (TPSA) is 52.6 Å². The monoisotopic (exact) mass is 164 g/mol. The van der Waals surface area contributed by atoms with E-state index in [1.807, 2.05) is 24.3 Å². The number of para-hydroxylation sites is 1. The smallest absolute Gasteiger partial charge is 0.426 e. The van der Waals surface area contributed by atoms with E-state index in [4.69, 9.17) is 5.11 Å². The summed E-state index contributed by atoms with van der Waals surface area (Å²) in [6.45, 7) is 0.422. The van der Waals surface area contributed by atoms with Crippen LogP contribution in [0.25, 0.3) is 0 Å². The molecular weight excluding hydrogens is 156 g/mol. The largest absolute Gasteiger partial charge is 0.464 e. The van der Waals surface area contributed by atoms with E-state index in [2.05, 4.69) is 5.43 Å². The van der Waals surface area contributed by atoms with Crippen molar-refractivity contribution in [2.75, 3.05) is 5.43 Å². The molecule has 12 heavy (non-hydrogen) atoms. The number of hydrazine groups is 1. The first-order chi connectivity index (χ1) is 5.77. The number of fused-ring (bicyclic) bond motifs is 1. The summed E-state index contributed by atoms with van der Waals surface area (Å²) in [5.74, 6) is 0. The number of hydrogen-bond donors (Lipinski definition) is 2. The van der Waals surface area contributed by atoms with E-state index in [1.165, 1.54) is 0 Å². The van der Waals surface area contributed by atoms with Crippen LogP contribution < -0.4 is 5.43 Å². The Kier molecular flexibility index (Phi) is 1.40. The molecule has 0 unspecified atom stereocenters. The Labute approximate surface area is 69.4 Å². The van der Waals surface area contributed by atoms with E-state index in [9.17, 15) is 4.79 Å². The minimum atomic E-state index is -0.953. The zero-order chi connectivity index (χ0) is 8.55. The Morgan fingerprint density at radius 3 is 2.92 bits per heavy atom.